The minimum Gasteiger partial charge on any atom is -0.383 e. The van der Waals surface area contributed by atoms with Gasteiger partial charge >= 0.3 is 0 Å². The molecule has 0 unspecified atom stereocenters. The zero-order valence-corrected chi connectivity index (χ0v) is 17.4. The van der Waals surface area contributed by atoms with Gasteiger partial charge in [-0.05, 0) is 34.9 Å². The van der Waals surface area contributed by atoms with Gasteiger partial charge in [0.1, 0.15) is 11.0 Å². The molecular formula is C22H18ClN5O3. The lowest BCUT2D eigenvalue weighted by atomic mass is 9.95. The van der Waals surface area contributed by atoms with Crippen LogP contribution in [0.5, 0.6) is 0 Å². The van der Waals surface area contributed by atoms with Crippen molar-refractivity contribution in [2.75, 3.05) is 19.4 Å². The standard InChI is InChI=1S/C22H18ClN5O3/c1-28(18-10-30-7-12-4-11(6-24)2-3-13(12)18)22(29)15-5-14-16-8-31-9-17(16)20(25)27-21(14)26-19(15)23/h2-5,18H,7-10H2,1H3,(H2,25,26,27)/t18-/m1/s1. The molecule has 0 bridgehead atoms. The van der Waals surface area contributed by atoms with Crippen molar-refractivity contribution in [3.05, 3.63) is 62.8 Å². The van der Waals surface area contributed by atoms with E-state index in [1.54, 1.807) is 30.1 Å². The van der Waals surface area contributed by atoms with Crippen molar-refractivity contribution >= 4 is 34.4 Å². The first-order valence-electron chi connectivity index (χ1n) is 9.71. The number of anilines is 1. The van der Waals surface area contributed by atoms with Crippen LogP contribution in [-0.2, 0) is 29.3 Å². The maximum Gasteiger partial charge on any atom is 0.257 e. The van der Waals surface area contributed by atoms with E-state index in [9.17, 15) is 4.79 Å². The van der Waals surface area contributed by atoms with E-state index in [0.717, 1.165) is 22.3 Å². The van der Waals surface area contributed by atoms with E-state index >= 15 is 0 Å². The Labute approximate surface area is 183 Å². The average Bonchev–Trinajstić information content (AvgIpc) is 3.28. The molecule has 1 aromatic carbocycles. The van der Waals surface area contributed by atoms with Crippen LogP contribution < -0.4 is 5.73 Å². The molecule has 0 fully saturated rings. The number of pyridine rings is 2. The number of likely N-dealkylation sites (N-methyl/N-ethyl adjacent to an activating group) is 1. The fourth-order valence-electron chi connectivity index (χ4n) is 4.17. The minimum atomic E-state index is -0.311. The van der Waals surface area contributed by atoms with Crippen LogP contribution in [0.25, 0.3) is 11.0 Å². The second-order valence-electron chi connectivity index (χ2n) is 7.62. The summed E-state index contributed by atoms with van der Waals surface area (Å²) in [6, 6.07) is 8.96. The van der Waals surface area contributed by atoms with Crippen LogP contribution in [0.15, 0.2) is 24.3 Å². The summed E-state index contributed by atoms with van der Waals surface area (Å²) in [6.45, 7) is 1.52. The number of nitrogens with zero attached hydrogens (tertiary/aromatic N) is 4. The van der Waals surface area contributed by atoms with Gasteiger partial charge in [0, 0.05) is 18.0 Å². The molecule has 0 saturated heterocycles. The Balaban J connectivity index is 1.55. The van der Waals surface area contributed by atoms with Gasteiger partial charge in [-0.25, -0.2) is 9.97 Å². The highest BCUT2D eigenvalue weighted by atomic mass is 35.5. The van der Waals surface area contributed by atoms with Gasteiger partial charge in [0.15, 0.2) is 5.65 Å². The summed E-state index contributed by atoms with van der Waals surface area (Å²) in [6.07, 6.45) is 0. The van der Waals surface area contributed by atoms with Crippen LogP contribution in [0.4, 0.5) is 5.82 Å². The summed E-state index contributed by atoms with van der Waals surface area (Å²) in [5.41, 5.74) is 10.8. The SMILES string of the molecule is CN(C(=O)c1cc2c3c(c(N)nc2nc1Cl)COC3)[C@@H]1COCc2cc(C#N)ccc21. The molecular weight excluding hydrogens is 418 g/mol. The Morgan fingerprint density at radius 2 is 2.03 bits per heavy atom. The van der Waals surface area contributed by atoms with E-state index in [1.165, 1.54) is 0 Å². The van der Waals surface area contributed by atoms with Crippen molar-refractivity contribution in [1.29, 1.82) is 5.26 Å². The number of nitrogens with two attached hydrogens (primary N) is 1. The first-order valence-corrected chi connectivity index (χ1v) is 10.1. The van der Waals surface area contributed by atoms with Crippen molar-refractivity contribution < 1.29 is 14.3 Å². The molecule has 2 aliphatic rings. The highest BCUT2D eigenvalue weighted by Gasteiger charge is 2.30. The van der Waals surface area contributed by atoms with Gasteiger partial charge in [-0.1, -0.05) is 17.7 Å². The minimum absolute atomic E-state index is 0.0619. The Morgan fingerprint density at radius 3 is 2.84 bits per heavy atom. The van der Waals surface area contributed by atoms with Gasteiger partial charge in [-0.15, -0.1) is 0 Å². The topological polar surface area (TPSA) is 114 Å². The van der Waals surface area contributed by atoms with Crippen molar-refractivity contribution in [3.63, 3.8) is 0 Å². The van der Waals surface area contributed by atoms with E-state index in [1.807, 2.05) is 6.07 Å². The first-order chi connectivity index (χ1) is 15.0. The lowest BCUT2D eigenvalue weighted by Crippen LogP contribution is -2.36. The number of hydrogen-bond acceptors (Lipinski definition) is 7. The van der Waals surface area contributed by atoms with E-state index in [4.69, 9.17) is 32.1 Å². The number of amides is 1. The summed E-state index contributed by atoms with van der Waals surface area (Å²) in [5, 5.41) is 9.93. The largest absolute Gasteiger partial charge is 0.383 e. The molecule has 0 aliphatic carbocycles. The van der Waals surface area contributed by atoms with Crippen molar-refractivity contribution in [1.82, 2.24) is 14.9 Å². The second kappa shape index (κ2) is 7.46. The third-order valence-electron chi connectivity index (χ3n) is 5.86. The van der Waals surface area contributed by atoms with Crippen molar-refractivity contribution in [3.8, 4) is 6.07 Å². The molecule has 2 aromatic heterocycles. The molecule has 3 aromatic rings. The van der Waals surface area contributed by atoms with Gasteiger partial charge in [0.25, 0.3) is 5.91 Å². The first kappa shape index (κ1) is 19.7. The van der Waals surface area contributed by atoms with Crippen LogP contribution >= 0.6 is 11.6 Å². The normalized spacial score (nSPS) is 17.1. The number of hydrogen-bond donors (Lipinski definition) is 1. The molecule has 1 atom stereocenters. The highest BCUT2D eigenvalue weighted by molar-refractivity contribution is 6.33. The summed E-state index contributed by atoms with van der Waals surface area (Å²) < 4.78 is 11.2. The maximum absolute atomic E-state index is 13.4. The lowest BCUT2D eigenvalue weighted by Gasteiger charge is -2.33. The predicted molar refractivity (Wildman–Crippen MR) is 113 cm³/mol. The molecule has 1 amide bonds. The van der Waals surface area contributed by atoms with Crippen LogP contribution in [0.1, 0.15) is 44.2 Å². The number of benzene rings is 1. The molecule has 0 spiro atoms. The maximum atomic E-state index is 13.4. The molecule has 2 aliphatic heterocycles. The zero-order valence-electron chi connectivity index (χ0n) is 16.7. The van der Waals surface area contributed by atoms with E-state index in [0.29, 0.717) is 48.8 Å². The van der Waals surface area contributed by atoms with Gasteiger partial charge in [-0.3, -0.25) is 4.79 Å². The number of ether oxygens (including phenoxy) is 2. The summed E-state index contributed by atoms with van der Waals surface area (Å²) >= 11 is 6.39. The van der Waals surface area contributed by atoms with Gasteiger partial charge < -0.3 is 20.1 Å². The van der Waals surface area contributed by atoms with Crippen molar-refractivity contribution in [2.45, 2.75) is 25.9 Å². The van der Waals surface area contributed by atoms with E-state index in [2.05, 4.69) is 16.0 Å². The monoisotopic (exact) mass is 435 g/mol. The summed E-state index contributed by atoms with van der Waals surface area (Å²) in [7, 11) is 1.71. The molecule has 2 N–H and O–H groups in total. The molecule has 31 heavy (non-hydrogen) atoms. The summed E-state index contributed by atoms with van der Waals surface area (Å²) in [4.78, 5) is 23.7. The number of aromatic nitrogens is 2. The number of nitriles is 1. The van der Waals surface area contributed by atoms with E-state index in [-0.39, 0.29) is 22.7 Å². The fraction of sp³-hybridized carbons (Fsp3) is 0.273. The molecule has 5 rings (SSSR count). The Morgan fingerprint density at radius 1 is 1.23 bits per heavy atom. The van der Waals surface area contributed by atoms with Gasteiger partial charge in [0.05, 0.1) is 49.7 Å². The molecule has 4 heterocycles. The Bertz CT molecular complexity index is 1290. The molecule has 0 radical (unpaired) electrons. The van der Waals surface area contributed by atoms with Crippen molar-refractivity contribution in [2.24, 2.45) is 0 Å². The lowest BCUT2D eigenvalue weighted by molar-refractivity contribution is 0.0346. The fourth-order valence-corrected chi connectivity index (χ4v) is 4.38. The quantitative estimate of drug-likeness (QED) is 0.615. The van der Waals surface area contributed by atoms with Crippen LogP contribution in [-0.4, -0.2) is 34.4 Å². The molecule has 9 heteroatoms. The van der Waals surface area contributed by atoms with Gasteiger partial charge in [-0.2, -0.15) is 5.26 Å². The van der Waals surface area contributed by atoms with Gasteiger partial charge in [0.2, 0.25) is 0 Å². The van der Waals surface area contributed by atoms with Crippen LogP contribution in [0.3, 0.4) is 0 Å². The number of halogens is 1. The number of rotatable bonds is 2. The predicted octanol–water partition coefficient (Wildman–Crippen LogP) is 3.11. The van der Waals surface area contributed by atoms with Crippen LogP contribution in [0.2, 0.25) is 5.15 Å². The summed E-state index contributed by atoms with van der Waals surface area (Å²) in [5.74, 6) is 0.0853. The molecule has 0 saturated carbocycles. The second-order valence-corrected chi connectivity index (χ2v) is 7.98. The smallest absolute Gasteiger partial charge is 0.257 e. The zero-order chi connectivity index (χ0) is 21.7. The molecule has 8 nitrogen and oxygen atoms in total. The number of nitrogen functional groups attached to an aromatic ring is 1. The third kappa shape index (κ3) is 3.18. The van der Waals surface area contributed by atoms with E-state index < -0.39 is 0 Å². The number of fused-ring (bicyclic) bond motifs is 4. The number of carbonyl (C=O) groups excluding carboxylic acids is 1. The Hall–Kier alpha value is -3.25. The average molecular weight is 436 g/mol. The molecule has 156 valence electrons. The van der Waals surface area contributed by atoms with Crippen LogP contribution in [0, 0.1) is 11.3 Å². The highest BCUT2D eigenvalue weighted by Crippen LogP contribution is 2.34. The Kier molecular flexibility index (Phi) is 4.74. The number of carbonyl (C=O) groups is 1. The third-order valence-corrected chi connectivity index (χ3v) is 6.14.